The van der Waals surface area contributed by atoms with Gasteiger partial charge in [0.25, 0.3) is 11.6 Å². The van der Waals surface area contributed by atoms with Crippen LogP contribution >= 0.6 is 0 Å². The maximum absolute atomic E-state index is 12.5. The van der Waals surface area contributed by atoms with Gasteiger partial charge >= 0.3 is 5.97 Å². The van der Waals surface area contributed by atoms with E-state index in [0.29, 0.717) is 35.0 Å². The van der Waals surface area contributed by atoms with E-state index in [2.05, 4.69) is 10.5 Å². The van der Waals surface area contributed by atoms with Crippen LogP contribution in [0.2, 0.25) is 0 Å². The number of hydrazone groups is 1. The first kappa shape index (κ1) is 26.7. The highest BCUT2D eigenvalue weighted by Crippen LogP contribution is 2.28. The third-order valence-corrected chi connectivity index (χ3v) is 4.91. The average molecular weight is 507 g/mol. The number of hydrogen-bond acceptors (Lipinski definition) is 9. The van der Waals surface area contributed by atoms with Crippen molar-refractivity contribution in [3.63, 3.8) is 0 Å². The van der Waals surface area contributed by atoms with E-state index in [1.807, 2.05) is 6.92 Å². The zero-order chi connectivity index (χ0) is 26.8. The van der Waals surface area contributed by atoms with Crippen LogP contribution in [0, 0.1) is 10.1 Å². The first-order chi connectivity index (χ1) is 17.8. The van der Waals surface area contributed by atoms with Crippen LogP contribution in [0.1, 0.15) is 29.8 Å². The number of nitro groups is 1. The molecule has 0 aliphatic carbocycles. The molecule has 0 bridgehead atoms. The van der Waals surface area contributed by atoms with Gasteiger partial charge in [-0.1, -0.05) is 0 Å². The van der Waals surface area contributed by atoms with Gasteiger partial charge in [-0.05, 0) is 74.0 Å². The molecule has 0 aliphatic rings. The number of ether oxygens (including phenoxy) is 4. The van der Waals surface area contributed by atoms with E-state index in [-0.39, 0.29) is 11.4 Å². The molecule has 1 amide bonds. The summed E-state index contributed by atoms with van der Waals surface area (Å²) in [5, 5.41) is 14.6. The lowest BCUT2D eigenvalue weighted by atomic mass is 10.2. The van der Waals surface area contributed by atoms with Crippen molar-refractivity contribution in [2.75, 3.05) is 13.7 Å². The number of nitrogens with zero attached hydrogens (tertiary/aromatic N) is 2. The van der Waals surface area contributed by atoms with E-state index >= 15 is 0 Å². The Balaban J connectivity index is 1.57. The summed E-state index contributed by atoms with van der Waals surface area (Å²) in [5.41, 5.74) is 3.20. The third kappa shape index (κ3) is 7.52. The fraction of sp³-hybridized carbons (Fsp3) is 0.192. The Morgan fingerprint density at radius 3 is 2.32 bits per heavy atom. The van der Waals surface area contributed by atoms with Crippen molar-refractivity contribution in [3.05, 3.63) is 88.0 Å². The van der Waals surface area contributed by atoms with E-state index < -0.39 is 22.9 Å². The Hall–Kier alpha value is -4.93. The Kier molecular flexibility index (Phi) is 9.14. The smallest absolute Gasteiger partial charge is 0.343 e. The molecule has 0 aliphatic heterocycles. The van der Waals surface area contributed by atoms with E-state index in [0.717, 1.165) is 0 Å². The van der Waals surface area contributed by atoms with Crippen molar-refractivity contribution in [1.29, 1.82) is 0 Å². The van der Waals surface area contributed by atoms with Gasteiger partial charge in [-0.25, -0.2) is 10.2 Å². The number of carbonyl (C=O) groups is 2. The van der Waals surface area contributed by atoms with Gasteiger partial charge in [0.2, 0.25) is 0 Å². The number of methoxy groups -OCH3 is 1. The molecular weight excluding hydrogens is 482 g/mol. The predicted molar refractivity (Wildman–Crippen MR) is 134 cm³/mol. The molecular formula is C26H25N3O8. The molecule has 0 aromatic heterocycles. The highest BCUT2D eigenvalue weighted by molar-refractivity contribution is 5.92. The summed E-state index contributed by atoms with van der Waals surface area (Å²) in [4.78, 5) is 34.9. The van der Waals surface area contributed by atoms with E-state index in [1.165, 1.54) is 44.5 Å². The summed E-state index contributed by atoms with van der Waals surface area (Å²) in [6.07, 6.45) is 0.481. The first-order valence-electron chi connectivity index (χ1n) is 11.2. The van der Waals surface area contributed by atoms with Gasteiger partial charge in [0.15, 0.2) is 17.6 Å². The fourth-order valence-corrected chi connectivity index (χ4v) is 3.03. The molecule has 0 heterocycles. The zero-order valence-electron chi connectivity index (χ0n) is 20.4. The normalized spacial score (nSPS) is 11.4. The number of amides is 1. The molecule has 1 unspecified atom stereocenters. The predicted octanol–water partition coefficient (Wildman–Crippen LogP) is 4.14. The van der Waals surface area contributed by atoms with Crippen LogP contribution < -0.4 is 24.4 Å². The summed E-state index contributed by atoms with van der Waals surface area (Å²) in [7, 11) is 1.43. The highest BCUT2D eigenvalue weighted by Gasteiger charge is 2.16. The molecule has 3 aromatic carbocycles. The molecule has 0 saturated carbocycles. The molecule has 37 heavy (non-hydrogen) atoms. The van der Waals surface area contributed by atoms with Crippen molar-refractivity contribution >= 4 is 23.8 Å². The van der Waals surface area contributed by atoms with E-state index in [1.54, 1.807) is 42.5 Å². The van der Waals surface area contributed by atoms with Crippen molar-refractivity contribution in [1.82, 2.24) is 5.43 Å². The summed E-state index contributed by atoms with van der Waals surface area (Å²) in [6, 6.07) is 16.7. The molecule has 1 atom stereocenters. The molecule has 3 rings (SSSR count). The maximum atomic E-state index is 12.5. The Bertz CT molecular complexity index is 1270. The summed E-state index contributed by atoms with van der Waals surface area (Å²) in [5.74, 6) is 0.383. The van der Waals surface area contributed by atoms with Crippen LogP contribution in [0.15, 0.2) is 71.8 Å². The molecule has 11 heteroatoms. The van der Waals surface area contributed by atoms with Gasteiger partial charge in [0.05, 0.1) is 30.4 Å². The second-order valence-corrected chi connectivity index (χ2v) is 7.50. The molecule has 0 spiro atoms. The van der Waals surface area contributed by atoms with Gasteiger partial charge in [0, 0.05) is 12.1 Å². The molecule has 192 valence electrons. The van der Waals surface area contributed by atoms with Gasteiger partial charge in [-0.15, -0.1) is 0 Å². The summed E-state index contributed by atoms with van der Waals surface area (Å²) >= 11 is 0. The lowest BCUT2D eigenvalue weighted by Crippen LogP contribution is -2.33. The molecule has 11 nitrogen and oxygen atoms in total. The average Bonchev–Trinajstić information content (AvgIpc) is 2.90. The third-order valence-electron chi connectivity index (χ3n) is 4.91. The number of benzene rings is 3. The van der Waals surface area contributed by atoms with Crippen LogP contribution in [-0.4, -0.2) is 42.8 Å². The number of carbonyl (C=O) groups excluding carboxylic acids is 2. The molecule has 0 saturated heterocycles. The topological polar surface area (TPSA) is 139 Å². The van der Waals surface area contributed by atoms with E-state index in [4.69, 9.17) is 18.9 Å². The lowest BCUT2D eigenvalue weighted by Gasteiger charge is -2.12. The zero-order valence-corrected chi connectivity index (χ0v) is 20.4. The number of nitro benzene ring substituents is 1. The Morgan fingerprint density at radius 1 is 1.03 bits per heavy atom. The Labute approximate surface area is 212 Å². The van der Waals surface area contributed by atoms with Crippen LogP contribution in [0.25, 0.3) is 0 Å². The summed E-state index contributed by atoms with van der Waals surface area (Å²) in [6.45, 7) is 3.91. The van der Waals surface area contributed by atoms with Gasteiger partial charge in [0.1, 0.15) is 11.5 Å². The standard InChI is InChI=1S/C26H25N3O8/c1-4-35-21-10-6-19(7-11-21)26(31)37-23-14-5-18(15-24(23)34-3)16-27-28-25(30)17(2)36-22-12-8-20(9-13-22)29(32)33/h5-17H,4H2,1-3H3,(H,28,30)/b27-16+. The molecule has 0 radical (unpaired) electrons. The monoisotopic (exact) mass is 507 g/mol. The van der Waals surface area contributed by atoms with E-state index in [9.17, 15) is 19.7 Å². The molecule has 3 aromatic rings. The molecule has 0 fully saturated rings. The van der Waals surface area contributed by atoms with Crippen molar-refractivity contribution in [2.24, 2.45) is 5.10 Å². The van der Waals surface area contributed by atoms with Gasteiger partial charge in [-0.3, -0.25) is 14.9 Å². The SMILES string of the molecule is CCOc1ccc(C(=O)Oc2ccc(/C=N/NC(=O)C(C)Oc3ccc([N+](=O)[O-])cc3)cc2OC)cc1. The van der Waals surface area contributed by atoms with Crippen molar-refractivity contribution in [3.8, 4) is 23.0 Å². The lowest BCUT2D eigenvalue weighted by molar-refractivity contribution is -0.384. The van der Waals surface area contributed by atoms with Crippen LogP contribution in [0.5, 0.6) is 23.0 Å². The van der Waals surface area contributed by atoms with Crippen molar-refractivity contribution < 1.29 is 33.5 Å². The van der Waals surface area contributed by atoms with Gasteiger partial charge < -0.3 is 18.9 Å². The molecule has 1 N–H and O–H groups in total. The minimum atomic E-state index is -0.905. The quantitative estimate of drug-likeness (QED) is 0.134. The van der Waals surface area contributed by atoms with Crippen LogP contribution in [0.3, 0.4) is 0 Å². The first-order valence-corrected chi connectivity index (χ1v) is 11.2. The number of rotatable bonds is 11. The maximum Gasteiger partial charge on any atom is 0.343 e. The van der Waals surface area contributed by atoms with Crippen molar-refractivity contribution in [2.45, 2.75) is 20.0 Å². The van der Waals surface area contributed by atoms with Gasteiger partial charge in [-0.2, -0.15) is 5.10 Å². The number of nitrogens with one attached hydrogen (secondary N) is 1. The minimum Gasteiger partial charge on any atom is -0.494 e. The number of esters is 1. The summed E-state index contributed by atoms with van der Waals surface area (Å²) < 4.78 is 21.6. The number of hydrogen-bond donors (Lipinski definition) is 1. The van der Waals surface area contributed by atoms with Crippen LogP contribution in [-0.2, 0) is 4.79 Å². The minimum absolute atomic E-state index is 0.0820. The van der Waals surface area contributed by atoms with Crippen LogP contribution in [0.4, 0.5) is 5.69 Å². The Morgan fingerprint density at radius 2 is 1.70 bits per heavy atom. The largest absolute Gasteiger partial charge is 0.494 e. The second-order valence-electron chi connectivity index (χ2n) is 7.50. The fourth-order valence-electron chi connectivity index (χ4n) is 3.03. The second kappa shape index (κ2) is 12.7. The number of non-ortho nitro benzene ring substituents is 1. The highest BCUT2D eigenvalue weighted by atomic mass is 16.6.